The van der Waals surface area contributed by atoms with Crippen molar-refractivity contribution in [2.24, 2.45) is 0 Å². The van der Waals surface area contributed by atoms with Gasteiger partial charge in [-0.15, -0.1) is 20.2 Å². The molecule has 260 valence electrons. The van der Waals surface area contributed by atoms with Crippen molar-refractivity contribution >= 4 is 28.0 Å². The first-order valence-electron chi connectivity index (χ1n) is 14.4. The van der Waals surface area contributed by atoms with E-state index in [9.17, 15) is 48.0 Å². The monoisotopic (exact) mass is 687 g/mol. The van der Waals surface area contributed by atoms with Crippen LogP contribution in [0.1, 0.15) is 63.1 Å². The summed E-state index contributed by atoms with van der Waals surface area (Å²) >= 11 is 0. The Balaban J connectivity index is 2.06. The van der Waals surface area contributed by atoms with Crippen molar-refractivity contribution in [3.05, 3.63) is 67.6 Å². The number of hydrogen-bond acceptors (Lipinski definition) is 14. The van der Waals surface area contributed by atoms with Gasteiger partial charge in [0.2, 0.25) is 16.0 Å². The van der Waals surface area contributed by atoms with Gasteiger partial charge in [0.1, 0.15) is 18.5 Å². The molecule has 0 radical (unpaired) electrons. The lowest BCUT2D eigenvalue weighted by Crippen LogP contribution is -2.27. The van der Waals surface area contributed by atoms with E-state index in [1.54, 1.807) is 0 Å². The number of nitrogens with zero attached hydrogens (tertiary/aromatic N) is 5. The zero-order valence-corrected chi connectivity index (χ0v) is 27.0. The summed E-state index contributed by atoms with van der Waals surface area (Å²) in [7, 11) is -2.41. The lowest BCUT2D eigenvalue weighted by atomic mass is 9.97. The molecule has 0 amide bonds. The van der Waals surface area contributed by atoms with Gasteiger partial charge in [0.25, 0.3) is 10.2 Å². The van der Waals surface area contributed by atoms with Crippen LogP contribution in [0.15, 0.2) is 30.3 Å². The second-order valence-electron chi connectivity index (χ2n) is 10.8. The summed E-state index contributed by atoms with van der Waals surface area (Å²) in [5.41, 5.74) is 1.62. The van der Waals surface area contributed by atoms with Gasteiger partial charge in [0.05, 0.1) is 42.9 Å². The molecule has 3 atom stereocenters. The molecular formula is C28H38FN5O12S. The largest absolute Gasteiger partial charge is 0.466 e. The van der Waals surface area contributed by atoms with Gasteiger partial charge in [0.15, 0.2) is 0 Å². The highest BCUT2D eigenvalue weighted by Gasteiger charge is 2.23. The summed E-state index contributed by atoms with van der Waals surface area (Å²) < 4.78 is 44.1. The molecular weight excluding hydrogens is 649 g/mol. The summed E-state index contributed by atoms with van der Waals surface area (Å²) in [5, 5.41) is 39.6. The lowest BCUT2D eigenvalue weighted by Gasteiger charge is -2.20. The zero-order chi connectivity index (χ0) is 35.3. The fraction of sp³-hybridized carbons (Fsp3) is 0.536. The predicted molar refractivity (Wildman–Crippen MR) is 165 cm³/mol. The number of aliphatic hydroxyl groups excluding tert-OH is 2. The Morgan fingerprint density at radius 1 is 1.11 bits per heavy atom. The minimum Gasteiger partial charge on any atom is -0.466 e. The summed E-state index contributed by atoms with van der Waals surface area (Å²) in [5.74, 6) is -1.59. The van der Waals surface area contributed by atoms with Gasteiger partial charge in [-0.3, -0.25) is 4.79 Å². The molecule has 19 heteroatoms. The fourth-order valence-corrected chi connectivity index (χ4v) is 4.57. The maximum absolute atomic E-state index is 13.7. The van der Waals surface area contributed by atoms with Gasteiger partial charge in [-0.2, -0.15) is 0 Å². The summed E-state index contributed by atoms with van der Waals surface area (Å²) in [6.45, 7) is 2.92. The number of ether oxygens (including phenoxy) is 1. The lowest BCUT2D eigenvalue weighted by molar-refractivity contribution is -0.790. The van der Waals surface area contributed by atoms with Crippen molar-refractivity contribution < 1.29 is 52.4 Å². The average molecular weight is 688 g/mol. The second-order valence-corrected chi connectivity index (χ2v) is 12.8. The molecule has 0 saturated heterocycles. The molecule has 0 bridgehead atoms. The van der Waals surface area contributed by atoms with E-state index in [0.29, 0.717) is 16.8 Å². The Hall–Kier alpha value is -4.49. The van der Waals surface area contributed by atoms with E-state index in [1.165, 1.54) is 43.5 Å². The topological polar surface area (TPSA) is 235 Å². The number of aliphatic hydroxyl groups is 2. The Kier molecular flexibility index (Phi) is 14.8. The first-order chi connectivity index (χ1) is 22.0. The Morgan fingerprint density at radius 3 is 2.34 bits per heavy atom. The molecule has 0 unspecified atom stereocenters. The highest BCUT2D eigenvalue weighted by atomic mass is 32.2. The van der Waals surface area contributed by atoms with Crippen LogP contribution in [-0.2, 0) is 29.2 Å². The molecule has 1 aromatic heterocycles. The van der Waals surface area contributed by atoms with E-state index in [-0.39, 0.29) is 49.9 Å². The van der Waals surface area contributed by atoms with E-state index in [0.717, 1.165) is 10.6 Å². The standard InChI is InChI=1S/C28H38FN5O12S/c1-18(2)26-24(27(19-8-10-20(29)11-9-19)31-28(30-26)32(3)47(4,42)43)13-12-21(35)15-22(36)16-25(37)44-14-6-5-7-23(46-34(40)41)17-45-33(38)39/h8-13,18,21-23,35-36H,5-7,14-17H2,1-4H3/t21-,22-,23-/m1/s1. The fourth-order valence-electron chi connectivity index (χ4n) is 4.19. The molecule has 2 rings (SSSR count). The van der Waals surface area contributed by atoms with Crippen LogP contribution in [-0.4, -0.2) is 89.6 Å². The van der Waals surface area contributed by atoms with Crippen LogP contribution in [0.2, 0.25) is 0 Å². The van der Waals surface area contributed by atoms with Crippen molar-refractivity contribution in [1.29, 1.82) is 0 Å². The van der Waals surface area contributed by atoms with E-state index in [1.807, 2.05) is 13.8 Å². The third-order valence-electron chi connectivity index (χ3n) is 6.59. The quantitative estimate of drug-likeness (QED) is 0.0882. The highest BCUT2D eigenvalue weighted by Crippen LogP contribution is 2.31. The molecule has 2 N–H and O–H groups in total. The minimum atomic E-state index is -3.72. The Bertz CT molecular complexity index is 1510. The third kappa shape index (κ3) is 13.4. The molecule has 1 aromatic carbocycles. The van der Waals surface area contributed by atoms with E-state index in [4.69, 9.17) is 4.74 Å². The van der Waals surface area contributed by atoms with Gasteiger partial charge in [-0.25, -0.2) is 27.1 Å². The number of hydrogen-bond donors (Lipinski definition) is 2. The smallest absolute Gasteiger partial charge is 0.308 e. The number of carbonyl (C=O) groups is 1. The molecule has 0 spiro atoms. The van der Waals surface area contributed by atoms with Gasteiger partial charge < -0.3 is 24.6 Å². The van der Waals surface area contributed by atoms with E-state index in [2.05, 4.69) is 19.6 Å². The van der Waals surface area contributed by atoms with Crippen LogP contribution < -0.4 is 4.31 Å². The summed E-state index contributed by atoms with van der Waals surface area (Å²) in [6, 6.07) is 5.39. The number of esters is 1. The van der Waals surface area contributed by atoms with Gasteiger partial charge in [-0.1, -0.05) is 26.0 Å². The molecule has 1 heterocycles. The van der Waals surface area contributed by atoms with E-state index >= 15 is 0 Å². The van der Waals surface area contributed by atoms with Gasteiger partial charge in [-0.05, 0) is 49.4 Å². The molecule has 0 aliphatic rings. The van der Waals surface area contributed by atoms with Crippen molar-refractivity contribution in [3.63, 3.8) is 0 Å². The van der Waals surface area contributed by atoms with Crippen molar-refractivity contribution in [2.75, 3.05) is 30.8 Å². The van der Waals surface area contributed by atoms with Crippen molar-refractivity contribution in [2.45, 2.75) is 70.2 Å². The zero-order valence-electron chi connectivity index (χ0n) is 26.2. The van der Waals surface area contributed by atoms with Gasteiger partial charge >= 0.3 is 5.97 Å². The number of sulfonamides is 1. The Morgan fingerprint density at radius 2 is 1.77 bits per heavy atom. The molecule has 0 saturated carbocycles. The van der Waals surface area contributed by atoms with E-state index < -0.39 is 63.3 Å². The van der Waals surface area contributed by atoms with Crippen LogP contribution in [0, 0.1) is 26.0 Å². The number of rotatable bonds is 20. The number of unbranched alkanes of at least 4 members (excludes halogenated alkanes) is 1. The molecule has 0 fully saturated rings. The SMILES string of the molecule is CC(C)c1nc(N(C)S(C)(=O)=O)nc(-c2ccc(F)cc2)c1C=C[C@@H](O)C[C@@H](O)CC(=O)OCCCC[C@H](CO[N+](=O)[O-])O[N+](=O)[O-]. The number of aromatic nitrogens is 2. The molecule has 0 aliphatic carbocycles. The summed E-state index contributed by atoms with van der Waals surface area (Å²) in [4.78, 5) is 50.3. The third-order valence-corrected chi connectivity index (χ3v) is 7.75. The predicted octanol–water partition coefficient (Wildman–Crippen LogP) is 2.82. The van der Waals surface area contributed by atoms with Crippen LogP contribution >= 0.6 is 0 Å². The molecule has 2 aromatic rings. The normalized spacial score (nSPS) is 13.6. The van der Waals surface area contributed by atoms with Crippen LogP contribution in [0.25, 0.3) is 17.3 Å². The minimum absolute atomic E-state index is 0.0249. The average Bonchev–Trinajstić information content (AvgIpc) is 2.97. The van der Waals surface area contributed by atoms with Crippen LogP contribution in [0.3, 0.4) is 0 Å². The first kappa shape index (κ1) is 38.7. The maximum atomic E-state index is 13.7. The van der Waals surface area contributed by atoms with Crippen molar-refractivity contribution in [1.82, 2.24) is 9.97 Å². The molecule has 17 nitrogen and oxygen atoms in total. The highest BCUT2D eigenvalue weighted by molar-refractivity contribution is 7.92. The number of carbonyl (C=O) groups excluding carboxylic acids is 1. The second kappa shape index (κ2) is 18.0. The Labute approximate surface area is 270 Å². The van der Waals surface area contributed by atoms with Crippen LogP contribution in [0.4, 0.5) is 10.3 Å². The number of anilines is 1. The molecule has 0 aliphatic heterocycles. The maximum Gasteiger partial charge on any atom is 0.308 e. The van der Waals surface area contributed by atoms with Gasteiger partial charge in [0, 0.05) is 24.6 Å². The number of benzene rings is 1. The number of halogens is 1. The summed E-state index contributed by atoms with van der Waals surface area (Å²) in [6.07, 6.45) is 0.00850. The first-order valence-corrected chi connectivity index (χ1v) is 16.2. The van der Waals surface area contributed by atoms with Crippen LogP contribution in [0.5, 0.6) is 0 Å². The van der Waals surface area contributed by atoms with Crippen molar-refractivity contribution in [3.8, 4) is 11.3 Å². The molecule has 47 heavy (non-hydrogen) atoms.